The number of ketones is 1. The van der Waals surface area contributed by atoms with Crippen molar-refractivity contribution in [2.75, 3.05) is 12.4 Å². The number of amides is 2. The molecule has 1 unspecified atom stereocenters. The molecule has 5 rings (SSSR count). The Bertz CT molecular complexity index is 1820. The van der Waals surface area contributed by atoms with Crippen molar-refractivity contribution < 1.29 is 36.7 Å². The summed E-state index contributed by atoms with van der Waals surface area (Å²) in [7, 11) is 1.12. The number of halogens is 3. The minimum atomic E-state index is -4.54. The molecule has 240 valence electrons. The third kappa shape index (κ3) is 6.50. The smallest absolute Gasteiger partial charge is 0.417 e. The van der Waals surface area contributed by atoms with E-state index in [1.165, 1.54) is 6.07 Å². The fourth-order valence-corrected chi connectivity index (χ4v) is 4.80. The summed E-state index contributed by atoms with van der Waals surface area (Å²) in [5, 5.41) is 12.8. The van der Waals surface area contributed by atoms with Gasteiger partial charge in [-0.25, -0.2) is 9.78 Å². The minimum absolute atomic E-state index is 0.0250. The van der Waals surface area contributed by atoms with Crippen LogP contribution in [0.5, 0.6) is 0 Å². The summed E-state index contributed by atoms with van der Waals surface area (Å²) in [5.74, 6) is -2.13. The van der Waals surface area contributed by atoms with Gasteiger partial charge in [-0.1, -0.05) is 44.2 Å². The normalized spacial score (nSPS) is 14.4. The fraction of sp³-hybridized carbons (Fsp3) is 0.333. The molecule has 1 atom stereocenters. The van der Waals surface area contributed by atoms with Crippen molar-refractivity contribution >= 4 is 23.5 Å². The molecular weight excluding hydrogens is 611 g/mol. The predicted octanol–water partition coefficient (Wildman–Crippen LogP) is 3.99. The minimum Gasteiger partial charge on any atom is -0.453 e. The Labute approximate surface area is 259 Å². The third-order valence-corrected chi connectivity index (χ3v) is 7.44. The van der Waals surface area contributed by atoms with Crippen molar-refractivity contribution in [1.29, 1.82) is 0 Å². The van der Waals surface area contributed by atoms with Crippen molar-refractivity contribution in [3.05, 3.63) is 88.3 Å². The van der Waals surface area contributed by atoms with E-state index in [9.17, 15) is 32.3 Å². The number of methoxy groups -OCH3 is 1. The van der Waals surface area contributed by atoms with Crippen molar-refractivity contribution in [1.82, 2.24) is 30.0 Å². The molecule has 16 heteroatoms. The number of alkyl halides is 3. The second-order valence-corrected chi connectivity index (χ2v) is 10.9. The quantitative estimate of drug-likeness (QED) is 0.242. The first-order valence-corrected chi connectivity index (χ1v) is 14.1. The van der Waals surface area contributed by atoms with E-state index in [1.54, 1.807) is 44.2 Å². The molecule has 3 heterocycles. The monoisotopic (exact) mass is 639 g/mol. The maximum Gasteiger partial charge on any atom is 0.417 e. The van der Waals surface area contributed by atoms with E-state index in [0.717, 1.165) is 30.1 Å². The maximum absolute atomic E-state index is 13.5. The Morgan fingerprint density at radius 2 is 1.76 bits per heavy atom. The molecule has 4 aromatic rings. The molecule has 13 nitrogen and oxygen atoms in total. The van der Waals surface area contributed by atoms with E-state index in [2.05, 4.69) is 35.5 Å². The van der Waals surface area contributed by atoms with Crippen LogP contribution in [0, 0.1) is 5.92 Å². The number of anilines is 1. The molecule has 0 saturated heterocycles. The molecule has 2 N–H and O–H groups in total. The highest BCUT2D eigenvalue weighted by Crippen LogP contribution is 2.52. The molecule has 0 radical (unpaired) electrons. The van der Waals surface area contributed by atoms with E-state index in [-0.39, 0.29) is 17.4 Å². The summed E-state index contributed by atoms with van der Waals surface area (Å²) in [6.07, 6.45) is -2.62. The van der Waals surface area contributed by atoms with Gasteiger partial charge in [0.15, 0.2) is 0 Å². The molecule has 1 aliphatic rings. The van der Waals surface area contributed by atoms with Crippen LogP contribution in [0.3, 0.4) is 0 Å². The van der Waals surface area contributed by atoms with Gasteiger partial charge in [0.2, 0.25) is 17.6 Å². The largest absolute Gasteiger partial charge is 0.453 e. The van der Waals surface area contributed by atoms with Crippen LogP contribution in [0.25, 0.3) is 11.4 Å². The predicted molar refractivity (Wildman–Crippen MR) is 155 cm³/mol. The first-order chi connectivity index (χ1) is 21.8. The number of rotatable bonds is 10. The lowest BCUT2D eigenvalue weighted by molar-refractivity contribution is -0.137. The molecule has 0 spiro atoms. The topological polar surface area (TPSA) is 171 Å². The van der Waals surface area contributed by atoms with E-state index >= 15 is 0 Å². The summed E-state index contributed by atoms with van der Waals surface area (Å²) in [5.41, 5.74) is -1.97. The Hall–Kier alpha value is -5.41. The van der Waals surface area contributed by atoms with Gasteiger partial charge >= 0.3 is 12.3 Å². The lowest BCUT2D eigenvalue weighted by Crippen LogP contribution is -2.46. The number of hydrogen-bond donors (Lipinski definition) is 2. The summed E-state index contributed by atoms with van der Waals surface area (Å²) in [4.78, 5) is 60.1. The fourth-order valence-electron chi connectivity index (χ4n) is 4.80. The lowest BCUT2D eigenvalue weighted by Gasteiger charge is -2.21. The highest BCUT2D eigenvalue weighted by atomic mass is 19.4. The Morgan fingerprint density at radius 1 is 1.04 bits per heavy atom. The van der Waals surface area contributed by atoms with Crippen LogP contribution in [-0.4, -0.2) is 55.7 Å². The summed E-state index contributed by atoms with van der Waals surface area (Å²) in [6.45, 7) is 2.79. The molecule has 1 aromatic carbocycles. The van der Waals surface area contributed by atoms with E-state index in [4.69, 9.17) is 4.42 Å². The molecule has 0 aliphatic heterocycles. The van der Waals surface area contributed by atoms with Gasteiger partial charge in [-0.05, 0) is 30.9 Å². The van der Waals surface area contributed by atoms with Gasteiger partial charge in [-0.3, -0.25) is 29.3 Å². The molecule has 1 fully saturated rings. The van der Waals surface area contributed by atoms with Crippen molar-refractivity contribution in [2.24, 2.45) is 5.92 Å². The molecule has 1 aliphatic carbocycles. The molecular formula is C30H28F3N7O6. The molecule has 0 bridgehead atoms. The lowest BCUT2D eigenvalue weighted by atomic mass is 9.99. The average Bonchev–Trinajstić information content (AvgIpc) is 3.69. The van der Waals surface area contributed by atoms with Crippen LogP contribution < -0.4 is 16.2 Å². The van der Waals surface area contributed by atoms with E-state index < -0.39 is 64.9 Å². The van der Waals surface area contributed by atoms with Gasteiger partial charge in [0.05, 0.1) is 36.0 Å². The number of hydrogen-bond acceptors (Lipinski definition) is 10. The van der Waals surface area contributed by atoms with Crippen LogP contribution in [0.1, 0.15) is 54.5 Å². The van der Waals surface area contributed by atoms with Crippen LogP contribution in [0.15, 0.2) is 64.1 Å². The van der Waals surface area contributed by atoms with Crippen LogP contribution in [-0.2, 0) is 27.7 Å². The number of pyridine rings is 1. The number of ether oxygens (including phenoxy) is 1. The number of carbonyl (C=O) groups excluding carboxylic acids is 3. The number of nitrogens with zero attached hydrogens (tertiary/aromatic N) is 5. The van der Waals surface area contributed by atoms with Crippen LogP contribution >= 0.6 is 0 Å². The Kier molecular flexibility index (Phi) is 8.72. The number of carbonyl (C=O) groups is 3. The second kappa shape index (κ2) is 12.5. The summed E-state index contributed by atoms with van der Waals surface area (Å²) in [6, 6.07) is 9.58. The highest BCUT2D eigenvalue weighted by molar-refractivity contribution is 5.98. The van der Waals surface area contributed by atoms with Crippen molar-refractivity contribution in [3.8, 4) is 11.4 Å². The number of nitrogens with one attached hydrogen (secondary N) is 2. The first kappa shape index (κ1) is 32.0. The van der Waals surface area contributed by atoms with Gasteiger partial charge in [0, 0.05) is 11.8 Å². The molecule has 2 amide bonds. The molecule has 1 saturated carbocycles. The Morgan fingerprint density at radius 3 is 2.35 bits per heavy atom. The van der Waals surface area contributed by atoms with Gasteiger partial charge in [0.1, 0.15) is 18.1 Å². The summed E-state index contributed by atoms with van der Waals surface area (Å²) < 4.78 is 50.3. The summed E-state index contributed by atoms with van der Waals surface area (Å²) >= 11 is 0. The van der Waals surface area contributed by atoms with E-state index in [0.29, 0.717) is 24.1 Å². The molecule has 3 aromatic heterocycles. The zero-order valence-corrected chi connectivity index (χ0v) is 24.8. The number of aromatic nitrogens is 5. The van der Waals surface area contributed by atoms with Crippen molar-refractivity contribution in [2.45, 2.75) is 50.9 Å². The maximum atomic E-state index is 13.5. The second-order valence-electron chi connectivity index (χ2n) is 10.9. The van der Waals surface area contributed by atoms with Gasteiger partial charge in [0.25, 0.3) is 11.4 Å². The van der Waals surface area contributed by atoms with Crippen molar-refractivity contribution in [3.63, 3.8) is 0 Å². The SMILES string of the molecule is COC(=O)Nc1cnc(-c2ccccc2)n(CC(=O)NC(C(=O)c2nnc(C3(c4ccc(C(F)(F)F)cn4)CC3)o2)C(C)C)c1=O. The molecule has 46 heavy (non-hydrogen) atoms. The average molecular weight is 640 g/mol. The van der Waals surface area contributed by atoms with Gasteiger partial charge < -0.3 is 14.5 Å². The zero-order chi connectivity index (χ0) is 33.2. The standard InChI is InChI=1S/C30H28F3N7O6/c1-16(2)22(23(42)25-38-39-27(46-25)29(11-12-29)20-10-9-18(13-34-20)30(31,32)33)37-21(41)15-40-24(17-7-5-4-6-8-17)35-14-19(26(40)43)36-28(44)45-3/h4-10,13-14,16,22H,11-12,15H2,1-3H3,(H,36,44)(H,37,41). The van der Waals surface area contributed by atoms with E-state index in [1.807, 2.05) is 0 Å². The van der Waals surface area contributed by atoms with Crippen LogP contribution in [0.4, 0.5) is 23.7 Å². The first-order valence-electron chi connectivity index (χ1n) is 14.1. The van der Waals surface area contributed by atoms with Gasteiger partial charge in [-0.15, -0.1) is 10.2 Å². The zero-order valence-electron chi connectivity index (χ0n) is 24.8. The Balaban J connectivity index is 1.37. The van der Waals surface area contributed by atoms with Crippen LogP contribution in [0.2, 0.25) is 0 Å². The number of Topliss-reactive ketones (excluding diaryl/α,β-unsaturated/α-hetero) is 1. The third-order valence-electron chi connectivity index (χ3n) is 7.44. The highest BCUT2D eigenvalue weighted by Gasteiger charge is 2.52. The van der Waals surface area contributed by atoms with Gasteiger partial charge in [-0.2, -0.15) is 13.2 Å². The number of benzene rings is 1.